The maximum Gasteiger partial charge on any atom is 0.305 e. The molecule has 0 saturated heterocycles. The van der Waals surface area contributed by atoms with Gasteiger partial charge in [-0.15, -0.1) is 0 Å². The van der Waals surface area contributed by atoms with Crippen LogP contribution in [0.2, 0.25) is 0 Å². The molecule has 0 aliphatic rings. The van der Waals surface area contributed by atoms with Crippen molar-refractivity contribution in [1.29, 1.82) is 0 Å². The zero-order valence-corrected chi connectivity index (χ0v) is 8.37. The number of aromatic nitrogens is 1. The van der Waals surface area contributed by atoms with Gasteiger partial charge in [0.15, 0.2) is 0 Å². The van der Waals surface area contributed by atoms with Crippen molar-refractivity contribution in [2.24, 2.45) is 0 Å². The van der Waals surface area contributed by atoms with Crippen molar-refractivity contribution in [1.82, 2.24) is 4.98 Å². The molecule has 1 aromatic heterocycles. The maximum absolute atomic E-state index is 10.3. The second-order valence-electron chi connectivity index (χ2n) is 3.22. The van der Waals surface area contributed by atoms with Crippen LogP contribution in [-0.2, 0) is 4.79 Å². The summed E-state index contributed by atoms with van der Waals surface area (Å²) in [5, 5.41) is 11.6. The number of nitrogens with zero attached hydrogens (tertiary/aromatic N) is 1. The Morgan fingerprint density at radius 2 is 2.00 bits per heavy atom. The SMILES string of the molecule is Cc1cncc(C)c1NCCC(=O)O. The van der Waals surface area contributed by atoms with Crippen LogP contribution in [0.5, 0.6) is 0 Å². The Bertz CT molecular complexity index is 317. The Balaban J connectivity index is 2.62. The molecule has 1 heterocycles. The van der Waals surface area contributed by atoms with Gasteiger partial charge in [-0.1, -0.05) is 0 Å². The second kappa shape index (κ2) is 4.60. The lowest BCUT2D eigenvalue weighted by Crippen LogP contribution is -2.09. The minimum absolute atomic E-state index is 0.126. The molecule has 0 atom stereocenters. The zero-order chi connectivity index (χ0) is 10.6. The second-order valence-corrected chi connectivity index (χ2v) is 3.22. The molecule has 4 heteroatoms. The van der Waals surface area contributed by atoms with Gasteiger partial charge in [0.25, 0.3) is 0 Å². The average Bonchev–Trinajstić information content (AvgIpc) is 2.09. The number of hydrogen-bond donors (Lipinski definition) is 2. The van der Waals surface area contributed by atoms with Crippen molar-refractivity contribution in [2.45, 2.75) is 20.3 Å². The topological polar surface area (TPSA) is 62.2 Å². The number of carboxylic acid groups (broad SMARTS) is 1. The molecule has 2 N–H and O–H groups in total. The number of anilines is 1. The van der Waals surface area contributed by atoms with E-state index in [0.29, 0.717) is 6.54 Å². The highest BCUT2D eigenvalue weighted by Crippen LogP contribution is 2.17. The van der Waals surface area contributed by atoms with E-state index >= 15 is 0 Å². The van der Waals surface area contributed by atoms with Gasteiger partial charge in [0.05, 0.1) is 6.42 Å². The molecule has 0 radical (unpaired) electrons. The average molecular weight is 194 g/mol. The third-order valence-electron chi connectivity index (χ3n) is 1.97. The van der Waals surface area contributed by atoms with Gasteiger partial charge < -0.3 is 10.4 Å². The van der Waals surface area contributed by atoms with Crippen LogP contribution in [0.4, 0.5) is 5.69 Å². The number of carboxylic acids is 1. The van der Waals surface area contributed by atoms with Gasteiger partial charge in [-0.2, -0.15) is 0 Å². The summed E-state index contributed by atoms with van der Waals surface area (Å²) in [5.41, 5.74) is 3.06. The highest BCUT2D eigenvalue weighted by atomic mass is 16.4. The Hall–Kier alpha value is -1.58. The Labute approximate surface area is 83.0 Å². The molecular weight excluding hydrogens is 180 g/mol. The van der Waals surface area contributed by atoms with Crippen LogP contribution in [0.1, 0.15) is 17.5 Å². The minimum Gasteiger partial charge on any atom is -0.481 e. The van der Waals surface area contributed by atoms with Gasteiger partial charge in [-0.05, 0) is 25.0 Å². The van der Waals surface area contributed by atoms with Gasteiger partial charge in [-0.25, -0.2) is 0 Å². The quantitative estimate of drug-likeness (QED) is 0.764. The van der Waals surface area contributed by atoms with Crippen molar-refractivity contribution in [3.05, 3.63) is 23.5 Å². The smallest absolute Gasteiger partial charge is 0.305 e. The van der Waals surface area contributed by atoms with E-state index in [-0.39, 0.29) is 6.42 Å². The monoisotopic (exact) mass is 194 g/mol. The molecule has 0 aliphatic carbocycles. The molecule has 0 aliphatic heterocycles. The van der Waals surface area contributed by atoms with Crippen LogP contribution in [0.15, 0.2) is 12.4 Å². The highest BCUT2D eigenvalue weighted by Gasteiger charge is 2.02. The van der Waals surface area contributed by atoms with Crippen LogP contribution in [0.25, 0.3) is 0 Å². The summed E-state index contributed by atoms with van der Waals surface area (Å²) in [4.78, 5) is 14.3. The normalized spacial score (nSPS) is 9.86. The summed E-state index contributed by atoms with van der Waals surface area (Å²) >= 11 is 0. The summed E-state index contributed by atoms with van der Waals surface area (Å²) in [7, 11) is 0. The molecule has 4 nitrogen and oxygen atoms in total. The number of pyridine rings is 1. The molecule has 0 amide bonds. The Morgan fingerprint density at radius 1 is 1.43 bits per heavy atom. The fourth-order valence-electron chi connectivity index (χ4n) is 1.27. The number of aliphatic carboxylic acids is 1. The highest BCUT2D eigenvalue weighted by molar-refractivity contribution is 5.67. The maximum atomic E-state index is 10.3. The van der Waals surface area contributed by atoms with Crippen molar-refractivity contribution < 1.29 is 9.90 Å². The third-order valence-corrected chi connectivity index (χ3v) is 1.97. The predicted octanol–water partition coefficient (Wildman–Crippen LogP) is 1.59. The molecule has 0 bridgehead atoms. The molecule has 0 fully saturated rings. The third kappa shape index (κ3) is 2.73. The number of rotatable bonds is 4. The molecular formula is C10H14N2O2. The summed E-state index contributed by atoms with van der Waals surface area (Å²) in [6, 6.07) is 0. The number of nitrogens with one attached hydrogen (secondary N) is 1. The van der Waals surface area contributed by atoms with E-state index in [4.69, 9.17) is 5.11 Å². The lowest BCUT2D eigenvalue weighted by Gasteiger charge is -2.10. The molecule has 76 valence electrons. The largest absolute Gasteiger partial charge is 0.481 e. The fourth-order valence-corrected chi connectivity index (χ4v) is 1.27. The van der Waals surface area contributed by atoms with Crippen molar-refractivity contribution >= 4 is 11.7 Å². The number of aryl methyl sites for hydroxylation is 2. The van der Waals surface area contributed by atoms with E-state index in [1.807, 2.05) is 13.8 Å². The van der Waals surface area contributed by atoms with E-state index in [9.17, 15) is 4.79 Å². The van der Waals surface area contributed by atoms with E-state index in [2.05, 4.69) is 10.3 Å². The van der Waals surface area contributed by atoms with Crippen LogP contribution in [0, 0.1) is 13.8 Å². The molecule has 1 aromatic rings. The summed E-state index contributed by atoms with van der Waals surface area (Å²) in [6.07, 6.45) is 3.65. The van der Waals surface area contributed by atoms with E-state index < -0.39 is 5.97 Å². The predicted molar refractivity (Wildman–Crippen MR) is 54.5 cm³/mol. The summed E-state index contributed by atoms with van der Waals surface area (Å²) < 4.78 is 0. The van der Waals surface area contributed by atoms with Crippen molar-refractivity contribution in [3.8, 4) is 0 Å². The zero-order valence-electron chi connectivity index (χ0n) is 8.37. The molecule has 14 heavy (non-hydrogen) atoms. The van der Waals surface area contributed by atoms with Gasteiger partial charge in [0.2, 0.25) is 0 Å². The molecule has 1 rings (SSSR count). The lowest BCUT2D eigenvalue weighted by molar-refractivity contribution is -0.136. The minimum atomic E-state index is -0.790. The van der Waals surface area contributed by atoms with Crippen LogP contribution < -0.4 is 5.32 Å². The van der Waals surface area contributed by atoms with Gasteiger partial charge in [0.1, 0.15) is 0 Å². The first-order valence-electron chi connectivity index (χ1n) is 4.48. The van der Waals surface area contributed by atoms with Gasteiger partial charge in [-0.3, -0.25) is 9.78 Å². The Kier molecular flexibility index (Phi) is 3.45. The van der Waals surface area contributed by atoms with Crippen LogP contribution in [0.3, 0.4) is 0 Å². The van der Waals surface area contributed by atoms with E-state index in [1.54, 1.807) is 12.4 Å². The van der Waals surface area contributed by atoms with Gasteiger partial charge >= 0.3 is 5.97 Å². The number of carbonyl (C=O) groups is 1. The standard InChI is InChI=1S/C10H14N2O2/c1-7-5-11-6-8(2)10(7)12-4-3-9(13)14/h5-6H,3-4H2,1-2H3,(H,11,12)(H,13,14). The van der Waals surface area contributed by atoms with Gasteiger partial charge in [0, 0.05) is 24.6 Å². The molecule has 0 unspecified atom stereocenters. The first kappa shape index (κ1) is 10.5. The molecule has 0 spiro atoms. The first-order valence-corrected chi connectivity index (χ1v) is 4.48. The summed E-state index contributed by atoms with van der Waals surface area (Å²) in [5.74, 6) is -0.790. The van der Waals surface area contributed by atoms with Crippen LogP contribution >= 0.6 is 0 Å². The number of hydrogen-bond acceptors (Lipinski definition) is 3. The molecule has 0 aromatic carbocycles. The Morgan fingerprint density at radius 3 is 2.50 bits per heavy atom. The van der Waals surface area contributed by atoms with E-state index in [0.717, 1.165) is 16.8 Å². The van der Waals surface area contributed by atoms with Crippen LogP contribution in [-0.4, -0.2) is 22.6 Å². The molecule has 0 saturated carbocycles. The van der Waals surface area contributed by atoms with Crippen molar-refractivity contribution in [2.75, 3.05) is 11.9 Å². The van der Waals surface area contributed by atoms with E-state index in [1.165, 1.54) is 0 Å². The lowest BCUT2D eigenvalue weighted by atomic mass is 10.2. The first-order chi connectivity index (χ1) is 6.61. The fraction of sp³-hybridized carbons (Fsp3) is 0.400. The van der Waals surface area contributed by atoms with Crippen molar-refractivity contribution in [3.63, 3.8) is 0 Å². The summed E-state index contributed by atoms with van der Waals surface area (Å²) in [6.45, 7) is 4.34.